The molecule has 0 aliphatic heterocycles. The molecule has 0 aliphatic carbocycles. The lowest BCUT2D eigenvalue weighted by atomic mass is 10.0. The Bertz CT molecular complexity index is 445. The Kier molecular flexibility index (Phi) is 19.8. The van der Waals surface area contributed by atoms with Gasteiger partial charge in [0.05, 0.1) is 6.33 Å². The molecular weight excluding hydrogens is 392 g/mol. The van der Waals surface area contributed by atoms with Crippen molar-refractivity contribution in [1.29, 1.82) is 0 Å². The van der Waals surface area contributed by atoms with Crippen molar-refractivity contribution in [3.8, 4) is 0 Å². The minimum atomic E-state index is -2.17. The molecule has 1 aromatic rings. The van der Waals surface area contributed by atoms with E-state index in [0.29, 0.717) is 6.04 Å². The molecule has 1 heterocycles. The van der Waals surface area contributed by atoms with Crippen molar-refractivity contribution in [1.82, 2.24) is 9.55 Å². The van der Waals surface area contributed by atoms with Crippen LogP contribution in [0.1, 0.15) is 110 Å². The number of imidazole rings is 1. The molecule has 0 radical (unpaired) electrons. The van der Waals surface area contributed by atoms with Crippen LogP contribution in [0.15, 0.2) is 18.7 Å². The van der Waals surface area contributed by atoms with Crippen LogP contribution in [0.2, 0.25) is 6.55 Å². The predicted octanol–water partition coefficient (Wildman–Crippen LogP) is 7.42. The van der Waals surface area contributed by atoms with Gasteiger partial charge in [0.2, 0.25) is 0 Å². The predicted molar refractivity (Wildman–Crippen MR) is 130 cm³/mol. The second-order valence-electron chi connectivity index (χ2n) is 8.36. The van der Waals surface area contributed by atoms with Crippen LogP contribution in [0.5, 0.6) is 0 Å². The molecule has 0 saturated heterocycles. The fourth-order valence-corrected chi connectivity index (χ4v) is 3.89. The lowest BCUT2D eigenvalue weighted by molar-refractivity contribution is 0.132. The van der Waals surface area contributed by atoms with Gasteiger partial charge < -0.3 is 17.8 Å². The summed E-state index contributed by atoms with van der Waals surface area (Å²) in [6.45, 7) is 6.41. The van der Waals surface area contributed by atoms with Gasteiger partial charge in [0.25, 0.3) is 0 Å². The highest BCUT2D eigenvalue weighted by Gasteiger charge is 2.29. The first-order chi connectivity index (χ1) is 14.5. The molecule has 0 aliphatic rings. The summed E-state index contributed by atoms with van der Waals surface area (Å²) in [7, 11) is 2.58. The molecule has 1 aromatic heterocycles. The highest BCUT2D eigenvalue weighted by atomic mass is 28.4. The molecule has 0 N–H and O–H groups in total. The van der Waals surface area contributed by atoms with Gasteiger partial charge in [0.15, 0.2) is 0 Å². The quantitative estimate of drug-likeness (QED) is 0.175. The van der Waals surface area contributed by atoms with Gasteiger partial charge in [-0.15, -0.1) is 0 Å². The maximum Gasteiger partial charge on any atom is 0.496 e. The Balaban J connectivity index is 0.000000890. The van der Waals surface area contributed by atoms with Gasteiger partial charge in [0, 0.05) is 46.3 Å². The first kappa shape index (κ1) is 29.3. The van der Waals surface area contributed by atoms with Crippen LogP contribution in [-0.4, -0.2) is 39.7 Å². The van der Waals surface area contributed by atoms with E-state index >= 15 is 0 Å². The normalized spacial score (nSPS) is 12.5. The molecule has 30 heavy (non-hydrogen) atoms. The third kappa shape index (κ3) is 16.1. The van der Waals surface area contributed by atoms with Crippen molar-refractivity contribution in [2.75, 3.05) is 21.3 Å². The maximum atomic E-state index is 4.93. The Morgan fingerprint density at radius 1 is 0.767 bits per heavy atom. The van der Waals surface area contributed by atoms with Crippen LogP contribution in [-0.2, 0) is 13.3 Å². The second kappa shape index (κ2) is 20.2. The fourth-order valence-electron chi connectivity index (χ4n) is 3.39. The lowest BCUT2D eigenvalue weighted by Gasteiger charge is -2.18. The van der Waals surface area contributed by atoms with Gasteiger partial charge in [0.1, 0.15) is 0 Å². The largest absolute Gasteiger partial charge is 0.496 e. The molecule has 178 valence electrons. The second-order valence-corrected chi connectivity index (χ2v) is 11.3. The van der Waals surface area contributed by atoms with E-state index in [2.05, 4.69) is 29.6 Å². The number of aromatic nitrogens is 2. The maximum absolute atomic E-state index is 4.93. The Labute approximate surface area is 188 Å². The van der Waals surface area contributed by atoms with E-state index in [9.17, 15) is 0 Å². The Morgan fingerprint density at radius 3 is 1.53 bits per heavy atom. The first-order valence-electron chi connectivity index (χ1n) is 12.2. The van der Waals surface area contributed by atoms with E-state index in [4.69, 9.17) is 13.3 Å². The van der Waals surface area contributed by atoms with Crippen molar-refractivity contribution in [3.63, 3.8) is 0 Å². The Morgan fingerprint density at radius 2 is 1.20 bits per heavy atom. The summed E-state index contributed by atoms with van der Waals surface area (Å²) in [6.07, 6.45) is 25.8. The number of unbranched alkanes of at least 4 members (excludes halogenated alkanes) is 12. The molecule has 1 rings (SSSR count). The molecule has 1 unspecified atom stereocenters. The molecule has 0 fully saturated rings. The summed E-state index contributed by atoms with van der Waals surface area (Å²) < 4.78 is 17.0. The van der Waals surface area contributed by atoms with Gasteiger partial charge >= 0.3 is 8.80 Å². The lowest BCUT2D eigenvalue weighted by Crippen LogP contribution is -2.38. The number of rotatable bonds is 18. The summed E-state index contributed by atoms with van der Waals surface area (Å²) in [4.78, 5) is 4.12. The van der Waals surface area contributed by atoms with Crippen LogP contribution < -0.4 is 0 Å². The topological polar surface area (TPSA) is 45.5 Å². The average Bonchev–Trinajstić information content (AvgIpc) is 3.32. The van der Waals surface area contributed by atoms with Crippen molar-refractivity contribution in [2.24, 2.45) is 0 Å². The molecule has 0 amide bonds. The van der Waals surface area contributed by atoms with E-state index in [1.807, 2.05) is 19.1 Å². The SMILES string of the molecule is CCCCCCCCCCCCCCCC(C)n1ccnc1.CO[Si](C)(OC)OC. The average molecular weight is 443 g/mol. The van der Waals surface area contributed by atoms with Crippen LogP contribution in [0.25, 0.3) is 0 Å². The van der Waals surface area contributed by atoms with E-state index < -0.39 is 8.80 Å². The van der Waals surface area contributed by atoms with Gasteiger partial charge in [-0.3, -0.25) is 0 Å². The number of hydrogen-bond acceptors (Lipinski definition) is 4. The minimum absolute atomic E-state index is 0.607. The van der Waals surface area contributed by atoms with Gasteiger partial charge in [-0.05, 0) is 13.3 Å². The highest BCUT2D eigenvalue weighted by Crippen LogP contribution is 2.17. The Hall–Kier alpha value is -0.693. The molecule has 1 atom stereocenters. The molecule has 0 saturated carbocycles. The van der Waals surface area contributed by atoms with Crippen molar-refractivity contribution in [3.05, 3.63) is 18.7 Å². The molecule has 6 heteroatoms. The zero-order chi connectivity index (χ0) is 22.5. The summed E-state index contributed by atoms with van der Waals surface area (Å²) in [6, 6.07) is 0.607. The van der Waals surface area contributed by atoms with Gasteiger partial charge in [-0.25, -0.2) is 4.98 Å². The summed E-state index contributed by atoms with van der Waals surface area (Å²) >= 11 is 0. The zero-order valence-electron chi connectivity index (χ0n) is 20.8. The van der Waals surface area contributed by atoms with E-state index in [0.717, 1.165) is 0 Å². The summed E-state index contributed by atoms with van der Waals surface area (Å²) in [5.41, 5.74) is 0. The van der Waals surface area contributed by atoms with Crippen LogP contribution in [0.3, 0.4) is 0 Å². The molecule has 0 aromatic carbocycles. The molecule has 0 bridgehead atoms. The number of hydrogen-bond donors (Lipinski definition) is 0. The van der Waals surface area contributed by atoms with Crippen LogP contribution >= 0.6 is 0 Å². The highest BCUT2D eigenvalue weighted by molar-refractivity contribution is 6.58. The number of nitrogens with zero attached hydrogens (tertiary/aromatic N) is 2. The standard InChI is InChI=1S/C20H38N2.C4H12O3Si/c1-3-4-5-6-7-8-9-10-11-12-13-14-15-16-20(2)22-18-17-21-19-22;1-5-8(4,6-2)7-3/h17-20H,3-16H2,1-2H3;1-4H3. The molecule has 0 spiro atoms. The van der Waals surface area contributed by atoms with E-state index in [-0.39, 0.29) is 0 Å². The van der Waals surface area contributed by atoms with Crippen molar-refractivity contribution in [2.45, 2.75) is 116 Å². The van der Waals surface area contributed by atoms with E-state index in [1.165, 1.54) is 89.9 Å². The summed E-state index contributed by atoms with van der Waals surface area (Å²) in [5, 5.41) is 0. The van der Waals surface area contributed by atoms with Crippen molar-refractivity contribution >= 4 is 8.80 Å². The minimum Gasteiger partial charge on any atom is -0.377 e. The zero-order valence-corrected chi connectivity index (χ0v) is 21.8. The van der Waals surface area contributed by atoms with Crippen molar-refractivity contribution < 1.29 is 13.3 Å². The third-order valence-corrected chi connectivity index (χ3v) is 8.10. The first-order valence-corrected chi connectivity index (χ1v) is 14.4. The smallest absolute Gasteiger partial charge is 0.377 e. The van der Waals surface area contributed by atoms with Crippen LogP contribution in [0, 0.1) is 0 Å². The molecule has 5 nitrogen and oxygen atoms in total. The fraction of sp³-hybridized carbons (Fsp3) is 0.875. The van der Waals surface area contributed by atoms with Gasteiger partial charge in [-0.1, -0.05) is 90.4 Å². The van der Waals surface area contributed by atoms with E-state index in [1.54, 1.807) is 21.3 Å². The molecular formula is C24H50N2O3Si. The monoisotopic (exact) mass is 442 g/mol. The van der Waals surface area contributed by atoms with Crippen LogP contribution in [0.4, 0.5) is 0 Å². The third-order valence-electron chi connectivity index (χ3n) is 5.87. The van der Waals surface area contributed by atoms with Gasteiger partial charge in [-0.2, -0.15) is 0 Å². The summed E-state index contributed by atoms with van der Waals surface area (Å²) in [5.74, 6) is 0.